The third kappa shape index (κ3) is 3.18. The van der Waals surface area contributed by atoms with E-state index in [0.717, 1.165) is 24.7 Å². The Hall–Kier alpha value is -1.18. The smallest absolute Gasteiger partial charge is 0.122 e. The van der Waals surface area contributed by atoms with Gasteiger partial charge in [-0.3, -0.25) is 0 Å². The minimum Gasteiger partial charge on any atom is -0.493 e. The van der Waals surface area contributed by atoms with Crippen molar-refractivity contribution in [3.05, 3.63) is 23.8 Å². The topological polar surface area (TPSA) is 21.3 Å². The van der Waals surface area contributed by atoms with Crippen molar-refractivity contribution in [1.82, 2.24) is 0 Å². The monoisotopic (exact) mass is 247 g/mol. The molecule has 100 valence electrons. The maximum atomic E-state index is 5.54. The first-order valence-corrected chi connectivity index (χ1v) is 7.25. The molecule has 0 bridgehead atoms. The Morgan fingerprint density at radius 2 is 2.11 bits per heavy atom. The van der Waals surface area contributed by atoms with Crippen molar-refractivity contribution in [3.8, 4) is 5.75 Å². The highest BCUT2D eigenvalue weighted by molar-refractivity contribution is 5.52. The zero-order valence-electron chi connectivity index (χ0n) is 11.8. The summed E-state index contributed by atoms with van der Waals surface area (Å²) in [5.41, 5.74) is 2.59. The Morgan fingerprint density at radius 3 is 2.83 bits per heavy atom. The van der Waals surface area contributed by atoms with Gasteiger partial charge in [0, 0.05) is 18.2 Å². The molecule has 2 nitrogen and oxygen atoms in total. The lowest BCUT2D eigenvalue weighted by molar-refractivity contribution is 0.357. The second-order valence-electron chi connectivity index (χ2n) is 5.42. The van der Waals surface area contributed by atoms with Gasteiger partial charge in [0.05, 0.1) is 6.61 Å². The fraction of sp³-hybridized carbons (Fsp3) is 0.625. The first kappa shape index (κ1) is 13.3. The highest BCUT2D eigenvalue weighted by atomic mass is 16.5. The molecule has 1 aliphatic rings. The van der Waals surface area contributed by atoms with Crippen LogP contribution in [0.2, 0.25) is 0 Å². The van der Waals surface area contributed by atoms with Crippen LogP contribution in [0.15, 0.2) is 18.2 Å². The Bertz CT molecular complexity index is 389. The SMILES string of the molecule is CCC(C)CC(CC)Nc1ccc2c(c1)CCO2. The van der Waals surface area contributed by atoms with Gasteiger partial charge in [-0.05, 0) is 42.5 Å². The van der Waals surface area contributed by atoms with Gasteiger partial charge in [0.25, 0.3) is 0 Å². The molecule has 1 aromatic rings. The van der Waals surface area contributed by atoms with E-state index < -0.39 is 0 Å². The number of ether oxygens (including phenoxy) is 1. The van der Waals surface area contributed by atoms with E-state index in [1.807, 2.05) is 0 Å². The molecule has 2 atom stereocenters. The number of rotatable bonds is 6. The second-order valence-corrected chi connectivity index (χ2v) is 5.42. The minimum absolute atomic E-state index is 0.584. The first-order chi connectivity index (χ1) is 8.72. The van der Waals surface area contributed by atoms with Crippen molar-refractivity contribution < 1.29 is 4.74 Å². The lowest BCUT2D eigenvalue weighted by Gasteiger charge is -2.21. The highest BCUT2D eigenvalue weighted by Crippen LogP contribution is 2.28. The molecular weight excluding hydrogens is 222 g/mol. The van der Waals surface area contributed by atoms with Gasteiger partial charge in [-0.25, -0.2) is 0 Å². The minimum atomic E-state index is 0.584. The average Bonchev–Trinajstić information content (AvgIpc) is 2.85. The maximum Gasteiger partial charge on any atom is 0.122 e. The summed E-state index contributed by atoms with van der Waals surface area (Å²) in [6, 6.07) is 7.08. The van der Waals surface area contributed by atoms with E-state index in [1.54, 1.807) is 0 Å². The fourth-order valence-electron chi connectivity index (χ4n) is 2.49. The Labute approximate surface area is 111 Å². The standard InChI is InChI=1S/C16H25NO/c1-4-12(3)10-14(5-2)17-15-6-7-16-13(11-15)8-9-18-16/h6-7,11-12,14,17H,4-5,8-10H2,1-3H3. The van der Waals surface area contributed by atoms with E-state index in [1.165, 1.54) is 30.5 Å². The van der Waals surface area contributed by atoms with Gasteiger partial charge < -0.3 is 10.1 Å². The number of anilines is 1. The lowest BCUT2D eigenvalue weighted by Crippen LogP contribution is -2.21. The van der Waals surface area contributed by atoms with E-state index in [9.17, 15) is 0 Å². The first-order valence-electron chi connectivity index (χ1n) is 7.25. The van der Waals surface area contributed by atoms with Crippen molar-refractivity contribution in [1.29, 1.82) is 0 Å². The van der Waals surface area contributed by atoms with E-state index in [-0.39, 0.29) is 0 Å². The van der Waals surface area contributed by atoms with Gasteiger partial charge in [0.1, 0.15) is 5.75 Å². The third-order valence-electron chi connectivity index (χ3n) is 3.94. The van der Waals surface area contributed by atoms with Gasteiger partial charge >= 0.3 is 0 Å². The quantitative estimate of drug-likeness (QED) is 0.811. The van der Waals surface area contributed by atoms with Crippen LogP contribution in [0.4, 0.5) is 5.69 Å². The molecule has 1 N–H and O–H groups in total. The van der Waals surface area contributed by atoms with Crippen LogP contribution in [-0.2, 0) is 6.42 Å². The second kappa shape index (κ2) is 6.12. The van der Waals surface area contributed by atoms with Crippen LogP contribution in [0, 0.1) is 5.92 Å². The number of fused-ring (bicyclic) bond motifs is 1. The van der Waals surface area contributed by atoms with Gasteiger partial charge in [-0.2, -0.15) is 0 Å². The highest BCUT2D eigenvalue weighted by Gasteiger charge is 2.14. The van der Waals surface area contributed by atoms with Gasteiger partial charge in [-0.1, -0.05) is 27.2 Å². The summed E-state index contributed by atoms with van der Waals surface area (Å²) in [7, 11) is 0. The molecule has 2 rings (SSSR count). The lowest BCUT2D eigenvalue weighted by atomic mass is 9.97. The largest absolute Gasteiger partial charge is 0.493 e. The van der Waals surface area contributed by atoms with Crippen molar-refractivity contribution in [2.24, 2.45) is 5.92 Å². The normalized spacial score (nSPS) is 16.8. The summed E-state index contributed by atoms with van der Waals surface area (Å²) in [5, 5.41) is 3.67. The summed E-state index contributed by atoms with van der Waals surface area (Å²) in [6.07, 6.45) is 4.74. The molecule has 0 amide bonds. The molecule has 1 aliphatic heterocycles. The van der Waals surface area contributed by atoms with E-state index in [2.05, 4.69) is 44.3 Å². The maximum absolute atomic E-state index is 5.54. The fourth-order valence-corrected chi connectivity index (χ4v) is 2.49. The molecule has 2 unspecified atom stereocenters. The predicted octanol–water partition coefficient (Wildman–Crippen LogP) is 4.25. The summed E-state index contributed by atoms with van der Waals surface area (Å²) in [5.74, 6) is 1.86. The van der Waals surface area contributed by atoms with Gasteiger partial charge in [-0.15, -0.1) is 0 Å². The van der Waals surface area contributed by atoms with Crippen LogP contribution >= 0.6 is 0 Å². The van der Waals surface area contributed by atoms with E-state index in [4.69, 9.17) is 4.74 Å². The molecule has 0 spiro atoms. The van der Waals surface area contributed by atoms with Crippen molar-refractivity contribution in [2.75, 3.05) is 11.9 Å². The van der Waals surface area contributed by atoms with E-state index >= 15 is 0 Å². The van der Waals surface area contributed by atoms with Crippen molar-refractivity contribution in [3.63, 3.8) is 0 Å². The van der Waals surface area contributed by atoms with Gasteiger partial charge in [0.2, 0.25) is 0 Å². The number of benzene rings is 1. The number of hydrogen-bond acceptors (Lipinski definition) is 2. The average molecular weight is 247 g/mol. The van der Waals surface area contributed by atoms with Crippen molar-refractivity contribution in [2.45, 2.75) is 52.5 Å². The molecular formula is C16H25NO. The Balaban J connectivity index is 1.98. The van der Waals surface area contributed by atoms with Crippen LogP contribution in [0.1, 0.15) is 45.6 Å². The molecule has 0 radical (unpaired) electrons. The molecule has 0 saturated carbocycles. The van der Waals surface area contributed by atoms with Crippen LogP contribution in [-0.4, -0.2) is 12.6 Å². The molecule has 0 aromatic heterocycles. The Morgan fingerprint density at radius 1 is 1.28 bits per heavy atom. The zero-order chi connectivity index (χ0) is 13.0. The van der Waals surface area contributed by atoms with Crippen LogP contribution in [0.25, 0.3) is 0 Å². The Kier molecular flexibility index (Phi) is 4.51. The molecule has 1 aromatic carbocycles. The number of nitrogens with one attached hydrogen (secondary N) is 1. The number of hydrogen-bond donors (Lipinski definition) is 1. The van der Waals surface area contributed by atoms with Crippen LogP contribution in [0.5, 0.6) is 5.75 Å². The summed E-state index contributed by atoms with van der Waals surface area (Å²) in [4.78, 5) is 0. The van der Waals surface area contributed by atoms with E-state index in [0.29, 0.717) is 6.04 Å². The third-order valence-corrected chi connectivity index (χ3v) is 3.94. The molecule has 0 fully saturated rings. The van der Waals surface area contributed by atoms with Crippen LogP contribution in [0.3, 0.4) is 0 Å². The van der Waals surface area contributed by atoms with Crippen LogP contribution < -0.4 is 10.1 Å². The molecule has 18 heavy (non-hydrogen) atoms. The molecule has 0 aliphatic carbocycles. The predicted molar refractivity (Wildman–Crippen MR) is 77.4 cm³/mol. The summed E-state index contributed by atoms with van der Waals surface area (Å²) >= 11 is 0. The summed E-state index contributed by atoms with van der Waals surface area (Å²) in [6.45, 7) is 7.70. The molecule has 2 heteroatoms. The summed E-state index contributed by atoms with van der Waals surface area (Å²) < 4.78 is 5.54. The van der Waals surface area contributed by atoms with Crippen molar-refractivity contribution >= 4 is 5.69 Å². The zero-order valence-corrected chi connectivity index (χ0v) is 11.8. The molecule has 1 heterocycles. The van der Waals surface area contributed by atoms with Gasteiger partial charge in [0.15, 0.2) is 0 Å². The molecule has 0 saturated heterocycles.